The molecule has 5 heterocycles. The van der Waals surface area contributed by atoms with Crippen LogP contribution < -0.4 is 10.4 Å². The van der Waals surface area contributed by atoms with Gasteiger partial charge < -0.3 is 29.7 Å². The molecule has 0 saturated carbocycles. The quantitative estimate of drug-likeness (QED) is 0.145. The number of carbonyl (C=O) groups excluding carboxylic acids is 2. The lowest BCUT2D eigenvalue weighted by atomic mass is 9.84. The minimum Gasteiger partial charge on any atom is -0.512 e. The SMILES string of the molecule is C.CC[C@H]1c2cc3[nH]c4c(c5nc(cc6[nH]c(cc(n2)[C@@H]1C)/c(=C(\C)O)c6C)[C@@H](C)[C@@H]5CCC(=O)OCC=C(C)C)[C@@H](C(=O)OC)C(O)=c4c3C. The summed E-state index contributed by atoms with van der Waals surface area (Å²) < 4.78 is 10.7. The van der Waals surface area contributed by atoms with E-state index in [-0.39, 0.29) is 61.6 Å². The van der Waals surface area contributed by atoms with Gasteiger partial charge in [-0.05, 0) is 82.9 Å². The van der Waals surface area contributed by atoms with E-state index < -0.39 is 11.9 Å². The molecule has 8 bridgehead atoms. The summed E-state index contributed by atoms with van der Waals surface area (Å²) in [6.45, 7) is 16.1. The highest BCUT2D eigenvalue weighted by Crippen LogP contribution is 2.46. The van der Waals surface area contributed by atoms with Crippen molar-refractivity contribution in [2.45, 2.75) is 112 Å². The Bertz CT molecular complexity index is 2220. The summed E-state index contributed by atoms with van der Waals surface area (Å²) in [6, 6.07) is 6.07. The molecule has 5 atom stereocenters. The maximum atomic E-state index is 13.5. The number of hydrogen-bond donors (Lipinski definition) is 4. The Hall–Kier alpha value is -4.86. The number of aliphatic hydroxyl groups is 2. The molecule has 6 rings (SSSR count). The minimum atomic E-state index is -1.08. The molecule has 1 aliphatic carbocycles. The van der Waals surface area contributed by atoms with Gasteiger partial charge in [-0.1, -0.05) is 33.8 Å². The first kappa shape index (κ1) is 37.4. The van der Waals surface area contributed by atoms with E-state index in [0.29, 0.717) is 28.4 Å². The van der Waals surface area contributed by atoms with Gasteiger partial charge in [-0.2, -0.15) is 0 Å². The number of aryl methyl sites for hydroxylation is 2. The molecule has 0 aromatic carbocycles. The summed E-state index contributed by atoms with van der Waals surface area (Å²) in [4.78, 5) is 43.8. The van der Waals surface area contributed by atoms with Crippen LogP contribution in [0.3, 0.4) is 0 Å². The first-order valence-corrected chi connectivity index (χ1v) is 17.5. The van der Waals surface area contributed by atoms with Crippen molar-refractivity contribution in [3.05, 3.63) is 79.8 Å². The molecular weight excluding hydrogens is 644 g/mol. The smallest absolute Gasteiger partial charge is 0.321 e. The number of methoxy groups -OCH3 is 1. The highest BCUT2D eigenvalue weighted by atomic mass is 16.5. The van der Waals surface area contributed by atoms with E-state index in [1.165, 1.54) is 7.11 Å². The topological polar surface area (TPSA) is 150 Å². The lowest BCUT2D eigenvalue weighted by Crippen LogP contribution is -2.18. The van der Waals surface area contributed by atoms with Gasteiger partial charge in [0.1, 0.15) is 18.3 Å². The Morgan fingerprint density at radius 1 is 0.922 bits per heavy atom. The molecule has 0 radical (unpaired) electrons. The van der Waals surface area contributed by atoms with Gasteiger partial charge in [-0.3, -0.25) is 19.6 Å². The van der Waals surface area contributed by atoms with Crippen molar-refractivity contribution < 1.29 is 29.3 Å². The second-order valence-electron chi connectivity index (χ2n) is 14.2. The van der Waals surface area contributed by atoms with Gasteiger partial charge in [0.05, 0.1) is 29.6 Å². The molecule has 0 fully saturated rings. The van der Waals surface area contributed by atoms with Crippen molar-refractivity contribution in [2.24, 2.45) is 0 Å². The Morgan fingerprint density at radius 3 is 2.20 bits per heavy atom. The Morgan fingerprint density at radius 2 is 1.55 bits per heavy atom. The fourth-order valence-electron chi connectivity index (χ4n) is 8.01. The molecule has 0 unspecified atom stereocenters. The maximum Gasteiger partial charge on any atom is 0.321 e. The number of aliphatic hydroxyl groups excluding tert-OH is 2. The fourth-order valence-corrected chi connectivity index (χ4v) is 8.01. The zero-order valence-corrected chi connectivity index (χ0v) is 30.4. The van der Waals surface area contributed by atoms with E-state index in [0.717, 1.165) is 62.0 Å². The molecule has 272 valence electrons. The molecular formula is C41H52N4O6. The van der Waals surface area contributed by atoms with E-state index in [2.05, 4.69) is 30.7 Å². The van der Waals surface area contributed by atoms with Gasteiger partial charge in [-0.15, -0.1) is 0 Å². The average molecular weight is 697 g/mol. The van der Waals surface area contributed by atoms with Gasteiger partial charge in [0.2, 0.25) is 0 Å². The lowest BCUT2D eigenvalue weighted by molar-refractivity contribution is -0.143. The van der Waals surface area contributed by atoms with Gasteiger partial charge in [0.15, 0.2) is 0 Å². The maximum absolute atomic E-state index is 13.5. The van der Waals surface area contributed by atoms with Crippen LogP contribution in [0.25, 0.3) is 33.6 Å². The van der Waals surface area contributed by atoms with Crippen LogP contribution in [0.4, 0.5) is 0 Å². The zero-order valence-electron chi connectivity index (χ0n) is 30.4. The number of aromatic nitrogens is 4. The van der Waals surface area contributed by atoms with Gasteiger partial charge in [0, 0.05) is 74.2 Å². The Labute approximate surface area is 299 Å². The average Bonchev–Trinajstić information content (AvgIpc) is 3.80. The Kier molecular flexibility index (Phi) is 10.6. The third-order valence-electron chi connectivity index (χ3n) is 10.9. The number of esters is 2. The highest BCUT2D eigenvalue weighted by molar-refractivity contribution is 5.96. The molecule has 0 amide bonds. The number of allylic oxidation sites excluding steroid dienone is 1. The van der Waals surface area contributed by atoms with Crippen molar-refractivity contribution in [3.63, 3.8) is 0 Å². The van der Waals surface area contributed by atoms with Crippen LogP contribution in [0.15, 0.2) is 29.8 Å². The number of nitrogens with zero attached hydrogens (tertiary/aromatic N) is 2. The first-order valence-electron chi connectivity index (χ1n) is 17.5. The van der Waals surface area contributed by atoms with Gasteiger partial charge in [-0.25, -0.2) is 0 Å². The number of fused-ring (bicyclic) bond motifs is 8. The van der Waals surface area contributed by atoms with Crippen LogP contribution in [0.5, 0.6) is 0 Å². The van der Waals surface area contributed by atoms with Crippen molar-refractivity contribution in [3.8, 4) is 0 Å². The van der Waals surface area contributed by atoms with E-state index in [1.807, 2.05) is 52.0 Å². The second-order valence-corrected chi connectivity index (χ2v) is 14.2. The summed E-state index contributed by atoms with van der Waals surface area (Å²) in [7, 11) is 1.31. The molecule has 10 nitrogen and oxygen atoms in total. The summed E-state index contributed by atoms with van der Waals surface area (Å²) in [6.07, 6.45) is 3.30. The number of rotatable bonds is 7. The predicted octanol–water partition coefficient (Wildman–Crippen LogP) is 7.66. The molecule has 10 heteroatoms. The molecule has 4 N–H and O–H groups in total. The van der Waals surface area contributed by atoms with Crippen LogP contribution in [-0.2, 0) is 19.1 Å². The van der Waals surface area contributed by atoms with Crippen molar-refractivity contribution >= 4 is 45.5 Å². The number of aromatic amines is 2. The van der Waals surface area contributed by atoms with Crippen LogP contribution in [0, 0.1) is 13.8 Å². The standard InChI is InChI=1S/C40H48N4O6.CH4/c1-10-24-19(4)26-17-31-33(23(8)45)21(6)28(42-31)15-27-20(5)25(11-12-32(46)50-14-13-18(2)3)37(43-27)35-36(40(48)49-9)39(47)34-22(7)29(44-38(34)35)16-30(24)41-26;/h13,15-17,19-20,24-25,36,42,44-45,47H,10-12,14H2,1-9H3;1H4/b27-15?,30-16?,31-17?,33-23+;/t19-,20+,24-,25+,36-;/m1./s1. The van der Waals surface area contributed by atoms with Crippen molar-refractivity contribution in [2.75, 3.05) is 13.7 Å². The monoisotopic (exact) mass is 696 g/mol. The fraction of sp³-hybridized carbons (Fsp3) is 0.463. The summed E-state index contributed by atoms with van der Waals surface area (Å²) in [5.74, 6) is -2.03. The minimum absolute atomic E-state index is 0. The third-order valence-corrected chi connectivity index (χ3v) is 10.9. The number of ether oxygens (including phenoxy) is 2. The lowest BCUT2D eigenvalue weighted by Gasteiger charge is -2.19. The molecule has 3 aliphatic rings. The van der Waals surface area contributed by atoms with Gasteiger partial charge in [0.25, 0.3) is 0 Å². The van der Waals surface area contributed by atoms with Crippen LogP contribution >= 0.6 is 0 Å². The van der Waals surface area contributed by atoms with Crippen molar-refractivity contribution in [1.29, 1.82) is 0 Å². The number of hydrogen-bond acceptors (Lipinski definition) is 8. The van der Waals surface area contributed by atoms with Crippen molar-refractivity contribution in [1.82, 2.24) is 19.9 Å². The van der Waals surface area contributed by atoms with E-state index in [4.69, 9.17) is 19.4 Å². The molecule has 0 spiro atoms. The van der Waals surface area contributed by atoms with E-state index >= 15 is 0 Å². The normalized spacial score (nSPS) is 21.2. The Balaban J connectivity index is 0.00000504. The van der Waals surface area contributed by atoms with E-state index in [1.54, 1.807) is 6.92 Å². The second kappa shape index (κ2) is 14.4. The highest BCUT2D eigenvalue weighted by Gasteiger charge is 2.41. The van der Waals surface area contributed by atoms with Crippen LogP contribution in [-0.4, -0.2) is 55.8 Å². The summed E-state index contributed by atoms with van der Waals surface area (Å²) in [5, 5.41) is 23.9. The number of H-pyrrole nitrogens is 2. The van der Waals surface area contributed by atoms with Crippen LogP contribution in [0.1, 0.15) is 137 Å². The number of nitrogens with one attached hydrogen (secondary N) is 2. The third kappa shape index (κ3) is 6.45. The largest absolute Gasteiger partial charge is 0.512 e. The number of carbonyl (C=O) groups is 2. The first-order chi connectivity index (χ1) is 23.8. The zero-order chi connectivity index (χ0) is 36.2. The van der Waals surface area contributed by atoms with Gasteiger partial charge >= 0.3 is 11.9 Å². The molecule has 2 aliphatic heterocycles. The van der Waals surface area contributed by atoms with E-state index in [9.17, 15) is 19.8 Å². The summed E-state index contributed by atoms with van der Waals surface area (Å²) >= 11 is 0. The summed E-state index contributed by atoms with van der Waals surface area (Å²) in [5.41, 5.74) is 9.46. The molecule has 3 aromatic heterocycles. The predicted molar refractivity (Wildman–Crippen MR) is 201 cm³/mol. The van der Waals surface area contributed by atoms with Crippen LogP contribution in [0.2, 0.25) is 0 Å². The molecule has 0 saturated heterocycles. The molecule has 51 heavy (non-hydrogen) atoms. The molecule has 3 aromatic rings.